The van der Waals surface area contributed by atoms with Gasteiger partial charge >= 0.3 is 0 Å². The van der Waals surface area contributed by atoms with Crippen LogP contribution in [0.5, 0.6) is 0 Å². The number of nitrogen functional groups attached to an aromatic ring is 1. The molecular formula is C9H12F2N6O2. The Hall–Kier alpha value is -2.49. The van der Waals surface area contributed by atoms with Crippen LogP contribution >= 0.6 is 0 Å². The Balaban J connectivity index is 3.20. The fraction of sp³-hybridized carbons (Fsp3) is 0.222. The zero-order valence-electron chi connectivity index (χ0n) is 9.69. The second-order valence-corrected chi connectivity index (χ2v) is 3.56. The lowest BCUT2D eigenvalue weighted by Gasteiger charge is -2.21. The van der Waals surface area contributed by atoms with Crippen molar-refractivity contribution in [1.82, 2.24) is 4.98 Å². The van der Waals surface area contributed by atoms with E-state index in [-0.39, 0.29) is 0 Å². The van der Waals surface area contributed by atoms with E-state index < -0.39 is 48.2 Å². The largest absolute Gasteiger partial charge is 0.368 e. The Morgan fingerprint density at radius 1 is 1.21 bits per heavy atom. The highest BCUT2D eigenvalue weighted by atomic mass is 19.1. The van der Waals surface area contributed by atoms with E-state index in [9.17, 15) is 18.4 Å². The molecule has 1 aromatic rings. The van der Waals surface area contributed by atoms with E-state index in [0.29, 0.717) is 6.07 Å². The first-order valence-electron chi connectivity index (χ1n) is 4.99. The highest BCUT2D eigenvalue weighted by Gasteiger charge is 2.20. The van der Waals surface area contributed by atoms with Crippen LogP contribution in [0.3, 0.4) is 0 Å². The lowest BCUT2D eigenvalue weighted by Crippen LogP contribution is -2.40. The van der Waals surface area contributed by atoms with E-state index in [1.54, 1.807) is 0 Å². The number of aromatic nitrogens is 1. The van der Waals surface area contributed by atoms with Gasteiger partial charge in [0.25, 0.3) is 0 Å². The molecule has 2 amide bonds. The molecule has 0 fully saturated rings. The summed E-state index contributed by atoms with van der Waals surface area (Å²) in [6.45, 7) is -1.02. The third-order valence-corrected chi connectivity index (χ3v) is 2.04. The minimum atomic E-state index is -1.08. The molecule has 0 aliphatic rings. The summed E-state index contributed by atoms with van der Waals surface area (Å²) in [6.07, 6.45) is 0. The van der Waals surface area contributed by atoms with E-state index in [1.165, 1.54) is 0 Å². The number of carbonyl (C=O) groups is 2. The highest BCUT2D eigenvalue weighted by molar-refractivity contribution is 5.84. The maximum absolute atomic E-state index is 13.6. The summed E-state index contributed by atoms with van der Waals surface area (Å²) in [7, 11) is 0. The first-order chi connectivity index (χ1) is 8.85. The molecule has 0 radical (unpaired) electrons. The normalized spacial score (nSPS) is 10.1. The zero-order valence-corrected chi connectivity index (χ0v) is 9.69. The summed E-state index contributed by atoms with van der Waals surface area (Å²) in [6, 6.07) is 0.506. The number of primary amides is 2. The number of hydrogen-bond donors (Lipinski definition) is 4. The number of rotatable bonds is 6. The van der Waals surface area contributed by atoms with E-state index >= 15 is 0 Å². The summed E-state index contributed by atoms with van der Waals surface area (Å²) in [5, 5.41) is 0. The molecule has 19 heavy (non-hydrogen) atoms. The van der Waals surface area contributed by atoms with Crippen LogP contribution in [0.2, 0.25) is 0 Å². The first kappa shape index (κ1) is 14.6. The van der Waals surface area contributed by atoms with Crippen LogP contribution in [0.25, 0.3) is 0 Å². The summed E-state index contributed by atoms with van der Waals surface area (Å²) in [5.41, 5.74) is 11.8. The van der Waals surface area contributed by atoms with Crippen LogP contribution in [0.1, 0.15) is 0 Å². The van der Waals surface area contributed by atoms with E-state index in [1.807, 2.05) is 5.43 Å². The molecule has 8 nitrogen and oxygen atoms in total. The number of pyridine rings is 1. The van der Waals surface area contributed by atoms with Gasteiger partial charge in [-0.05, 0) is 0 Å². The number of amides is 2. The SMILES string of the molecule is NNc1nc(N(CC(N)=O)CC(N)=O)c(F)cc1F. The molecule has 0 aliphatic carbocycles. The van der Waals surface area contributed by atoms with Gasteiger partial charge in [-0.15, -0.1) is 0 Å². The van der Waals surface area contributed by atoms with Crippen LogP contribution in [0, 0.1) is 11.6 Å². The Kier molecular flexibility index (Phi) is 4.53. The number of anilines is 2. The third-order valence-electron chi connectivity index (χ3n) is 2.04. The van der Waals surface area contributed by atoms with Crippen LogP contribution in [0.4, 0.5) is 20.4 Å². The Bertz CT molecular complexity index is 494. The number of nitrogens with one attached hydrogen (secondary N) is 1. The molecule has 1 rings (SSSR count). The molecule has 104 valence electrons. The van der Waals surface area contributed by atoms with Gasteiger partial charge in [-0.2, -0.15) is 0 Å². The lowest BCUT2D eigenvalue weighted by molar-refractivity contribution is -0.117. The Morgan fingerprint density at radius 3 is 2.16 bits per heavy atom. The van der Waals surface area contributed by atoms with Gasteiger partial charge < -0.3 is 21.8 Å². The van der Waals surface area contributed by atoms with Gasteiger partial charge in [-0.3, -0.25) is 9.59 Å². The van der Waals surface area contributed by atoms with Gasteiger partial charge in [0.1, 0.15) is 0 Å². The van der Waals surface area contributed by atoms with Gasteiger partial charge in [0.05, 0.1) is 13.1 Å². The molecule has 0 bridgehead atoms. The molecular weight excluding hydrogens is 262 g/mol. The topological polar surface area (TPSA) is 140 Å². The van der Waals surface area contributed by atoms with Crippen molar-refractivity contribution in [2.75, 3.05) is 23.4 Å². The smallest absolute Gasteiger partial charge is 0.237 e. The molecule has 0 spiro atoms. The number of halogens is 2. The van der Waals surface area contributed by atoms with E-state index in [0.717, 1.165) is 4.90 Å². The van der Waals surface area contributed by atoms with Crippen molar-refractivity contribution < 1.29 is 18.4 Å². The molecule has 0 unspecified atom stereocenters. The molecule has 0 saturated carbocycles. The molecule has 0 atom stereocenters. The predicted octanol–water partition coefficient (Wildman–Crippen LogP) is -1.58. The Labute approximate surface area is 106 Å². The molecule has 0 aromatic carbocycles. The Morgan fingerprint density at radius 2 is 1.74 bits per heavy atom. The van der Waals surface area contributed by atoms with E-state index in [2.05, 4.69) is 4.98 Å². The summed E-state index contributed by atoms with van der Waals surface area (Å²) in [4.78, 5) is 26.1. The van der Waals surface area contributed by atoms with Crippen molar-refractivity contribution in [3.63, 3.8) is 0 Å². The van der Waals surface area contributed by atoms with Crippen LogP contribution < -0.4 is 27.6 Å². The highest BCUT2D eigenvalue weighted by Crippen LogP contribution is 2.21. The molecule has 1 heterocycles. The summed E-state index contributed by atoms with van der Waals surface area (Å²) >= 11 is 0. The minimum absolute atomic E-state index is 0.449. The van der Waals surface area contributed by atoms with Crippen molar-refractivity contribution in [3.8, 4) is 0 Å². The van der Waals surface area contributed by atoms with Gasteiger partial charge in [0.2, 0.25) is 11.8 Å². The van der Waals surface area contributed by atoms with Crippen molar-refractivity contribution >= 4 is 23.5 Å². The maximum atomic E-state index is 13.6. The van der Waals surface area contributed by atoms with Crippen molar-refractivity contribution in [2.24, 2.45) is 17.3 Å². The van der Waals surface area contributed by atoms with Gasteiger partial charge in [0, 0.05) is 6.07 Å². The van der Waals surface area contributed by atoms with Gasteiger partial charge in [0.15, 0.2) is 23.3 Å². The number of nitrogens with two attached hydrogens (primary N) is 3. The van der Waals surface area contributed by atoms with E-state index in [4.69, 9.17) is 17.3 Å². The van der Waals surface area contributed by atoms with Crippen molar-refractivity contribution in [2.45, 2.75) is 0 Å². The molecule has 10 heteroatoms. The average molecular weight is 274 g/mol. The zero-order chi connectivity index (χ0) is 14.6. The standard InChI is InChI=1S/C9H12F2N6O2/c10-4-1-5(11)9(15-8(4)16-14)17(2-6(12)18)3-7(13)19/h1H,2-3,14H2,(H2,12,18)(H2,13,19)(H,15,16). The average Bonchev–Trinajstić information content (AvgIpc) is 2.27. The molecule has 0 aliphatic heterocycles. The van der Waals surface area contributed by atoms with Crippen molar-refractivity contribution in [3.05, 3.63) is 17.7 Å². The summed E-state index contributed by atoms with van der Waals surface area (Å²) < 4.78 is 26.8. The second kappa shape index (κ2) is 5.91. The quantitative estimate of drug-likeness (QED) is 0.364. The van der Waals surface area contributed by atoms with Gasteiger partial charge in [-0.1, -0.05) is 0 Å². The maximum Gasteiger partial charge on any atom is 0.237 e. The number of carbonyl (C=O) groups excluding carboxylic acids is 2. The monoisotopic (exact) mass is 274 g/mol. The fourth-order valence-electron chi connectivity index (χ4n) is 1.36. The number of hydrazine groups is 1. The molecule has 7 N–H and O–H groups in total. The predicted molar refractivity (Wildman–Crippen MR) is 62.6 cm³/mol. The lowest BCUT2D eigenvalue weighted by atomic mass is 10.3. The number of nitrogens with zero attached hydrogens (tertiary/aromatic N) is 2. The van der Waals surface area contributed by atoms with Gasteiger partial charge in [-0.25, -0.2) is 19.6 Å². The first-order valence-corrected chi connectivity index (χ1v) is 4.99. The van der Waals surface area contributed by atoms with Crippen LogP contribution in [-0.2, 0) is 9.59 Å². The fourth-order valence-corrected chi connectivity index (χ4v) is 1.36. The van der Waals surface area contributed by atoms with Crippen molar-refractivity contribution in [1.29, 1.82) is 0 Å². The van der Waals surface area contributed by atoms with Crippen LogP contribution in [-0.4, -0.2) is 29.9 Å². The summed E-state index contributed by atoms with van der Waals surface area (Å²) in [5.74, 6) is 0.293. The second-order valence-electron chi connectivity index (χ2n) is 3.56. The molecule has 1 aromatic heterocycles. The minimum Gasteiger partial charge on any atom is -0.368 e. The number of hydrogen-bond acceptors (Lipinski definition) is 6. The van der Waals surface area contributed by atoms with Crippen LogP contribution in [0.15, 0.2) is 6.07 Å². The molecule has 0 saturated heterocycles. The third kappa shape index (κ3) is 3.74.